The van der Waals surface area contributed by atoms with E-state index in [1.807, 2.05) is 48.0 Å². The maximum Gasteiger partial charge on any atom is 0.343 e. The lowest BCUT2D eigenvalue weighted by Crippen LogP contribution is -2.35. The molecule has 1 unspecified atom stereocenters. The summed E-state index contributed by atoms with van der Waals surface area (Å²) in [6.45, 7) is 2.86. The molecule has 0 amide bonds. The minimum Gasteiger partial charge on any atom is -0.493 e. The van der Waals surface area contributed by atoms with Crippen molar-refractivity contribution < 1.29 is 18.6 Å². The fourth-order valence-electron chi connectivity index (χ4n) is 4.36. The summed E-state index contributed by atoms with van der Waals surface area (Å²) in [6, 6.07) is 12.0. The average molecular weight is 410 g/mol. The van der Waals surface area contributed by atoms with Gasteiger partial charge in [-0.05, 0) is 43.2 Å². The van der Waals surface area contributed by atoms with Gasteiger partial charge in [-0.2, -0.15) is 0 Å². The lowest BCUT2D eigenvalue weighted by molar-refractivity contribution is 0.304. The molecule has 1 N–H and O–H groups in total. The first-order valence-electron chi connectivity index (χ1n) is 9.71. The van der Waals surface area contributed by atoms with E-state index in [-0.39, 0.29) is 0 Å². The van der Waals surface area contributed by atoms with Gasteiger partial charge in [-0.1, -0.05) is 18.2 Å². The zero-order valence-electron chi connectivity index (χ0n) is 16.7. The van der Waals surface area contributed by atoms with Crippen molar-refractivity contribution in [3.05, 3.63) is 53.1 Å². The highest BCUT2D eigenvalue weighted by Crippen LogP contribution is 2.59. The Balaban J connectivity index is 1.80. The van der Waals surface area contributed by atoms with Crippen molar-refractivity contribution >= 4 is 35.6 Å². The number of aromatic amines is 1. The Morgan fingerprint density at radius 2 is 1.90 bits per heavy atom. The molecule has 0 bridgehead atoms. The highest BCUT2D eigenvalue weighted by atomic mass is 31.2. The third-order valence-electron chi connectivity index (χ3n) is 5.67. The molecule has 3 heterocycles. The van der Waals surface area contributed by atoms with E-state index >= 15 is 0 Å². The van der Waals surface area contributed by atoms with Crippen molar-refractivity contribution in [1.29, 1.82) is 0 Å². The number of H-pyrrole nitrogens is 1. The normalized spacial score (nSPS) is 20.0. The summed E-state index contributed by atoms with van der Waals surface area (Å²) in [4.78, 5) is 3.37. The number of para-hydroxylation sites is 1. The molecule has 0 saturated heterocycles. The second-order valence-electron chi connectivity index (χ2n) is 7.14. The molecule has 29 heavy (non-hydrogen) atoms. The molecule has 150 valence electrons. The Bertz CT molecular complexity index is 1200. The molecule has 2 aromatic carbocycles. The minimum absolute atomic E-state index is 0.370. The van der Waals surface area contributed by atoms with Crippen LogP contribution in [0.2, 0.25) is 0 Å². The van der Waals surface area contributed by atoms with E-state index in [1.165, 1.54) is 0 Å². The van der Waals surface area contributed by atoms with E-state index in [1.54, 1.807) is 14.2 Å². The Morgan fingerprint density at radius 3 is 2.66 bits per heavy atom. The van der Waals surface area contributed by atoms with Crippen LogP contribution in [0.5, 0.6) is 11.5 Å². The highest BCUT2D eigenvalue weighted by molar-refractivity contribution is 7.65. The monoisotopic (exact) mass is 410 g/mol. The van der Waals surface area contributed by atoms with E-state index in [0.717, 1.165) is 39.7 Å². The standard InChI is InChI=1S/C22H23N2O4P/c1-4-28-29(25)22-17(15-7-5-6-8-18(15)23-22)12-19-16-13-21(27-3)20(26-2)11-14(16)9-10-24(19)29/h5-8,11-13,23H,4,9-10H2,1-3H3. The van der Waals surface area contributed by atoms with Gasteiger partial charge < -0.3 is 19.0 Å². The Kier molecular flexibility index (Phi) is 4.23. The maximum absolute atomic E-state index is 14.3. The number of nitrogens with zero attached hydrogens (tertiary/aromatic N) is 1. The molecule has 1 atom stereocenters. The molecule has 0 aliphatic carbocycles. The van der Waals surface area contributed by atoms with E-state index in [0.29, 0.717) is 30.1 Å². The van der Waals surface area contributed by atoms with Crippen molar-refractivity contribution in [2.45, 2.75) is 13.3 Å². The van der Waals surface area contributed by atoms with Crippen LogP contribution in [0.15, 0.2) is 36.4 Å². The summed E-state index contributed by atoms with van der Waals surface area (Å²) in [7, 11) is -0.000411. The van der Waals surface area contributed by atoms with Crippen molar-refractivity contribution in [2.75, 3.05) is 27.4 Å². The molecule has 5 rings (SSSR count). The van der Waals surface area contributed by atoms with E-state index < -0.39 is 7.52 Å². The first kappa shape index (κ1) is 18.3. The second-order valence-corrected chi connectivity index (χ2v) is 9.37. The molecule has 7 heteroatoms. The van der Waals surface area contributed by atoms with Gasteiger partial charge in [-0.15, -0.1) is 0 Å². The summed E-state index contributed by atoms with van der Waals surface area (Å²) in [6.07, 6.45) is 2.87. The van der Waals surface area contributed by atoms with Gasteiger partial charge in [0.2, 0.25) is 0 Å². The Hall–Kier alpha value is -2.69. The number of hydrogen-bond donors (Lipinski definition) is 1. The van der Waals surface area contributed by atoms with Crippen LogP contribution < -0.4 is 14.9 Å². The van der Waals surface area contributed by atoms with Crippen molar-refractivity contribution in [3.63, 3.8) is 0 Å². The van der Waals surface area contributed by atoms with Gasteiger partial charge in [0.05, 0.1) is 26.5 Å². The van der Waals surface area contributed by atoms with Gasteiger partial charge >= 0.3 is 7.52 Å². The van der Waals surface area contributed by atoms with Gasteiger partial charge in [-0.25, -0.2) is 0 Å². The molecular weight excluding hydrogens is 387 g/mol. The summed E-state index contributed by atoms with van der Waals surface area (Å²) < 4.78 is 33.2. The van der Waals surface area contributed by atoms with E-state index in [9.17, 15) is 4.57 Å². The molecule has 1 aromatic heterocycles. The third kappa shape index (κ3) is 2.56. The van der Waals surface area contributed by atoms with Crippen LogP contribution >= 0.6 is 7.52 Å². The van der Waals surface area contributed by atoms with E-state index in [4.69, 9.17) is 14.0 Å². The van der Waals surface area contributed by atoms with Crippen LogP contribution in [0, 0.1) is 0 Å². The van der Waals surface area contributed by atoms with Gasteiger partial charge in [-0.3, -0.25) is 9.24 Å². The van der Waals surface area contributed by atoms with Crippen LogP contribution in [-0.4, -0.2) is 37.0 Å². The van der Waals surface area contributed by atoms with Gasteiger partial charge in [0.25, 0.3) is 0 Å². The Morgan fingerprint density at radius 1 is 1.14 bits per heavy atom. The van der Waals surface area contributed by atoms with Gasteiger partial charge in [0.1, 0.15) is 5.44 Å². The SMILES string of the molecule is CCOP1(=O)c2[nH]c3ccccc3c2C=C2c3cc(OC)c(OC)cc3CCN21. The number of fused-ring (bicyclic) bond motifs is 6. The number of methoxy groups -OCH3 is 2. The fraction of sp³-hybridized carbons (Fsp3) is 0.273. The molecule has 6 nitrogen and oxygen atoms in total. The number of ether oxygens (including phenoxy) is 2. The maximum atomic E-state index is 14.3. The number of rotatable bonds is 4. The molecule has 3 aromatic rings. The quantitative estimate of drug-likeness (QED) is 0.646. The summed E-state index contributed by atoms with van der Waals surface area (Å²) in [5.41, 5.74) is 5.63. The molecular formula is C22H23N2O4P. The number of benzene rings is 2. The van der Waals surface area contributed by atoms with Gasteiger partial charge in [0, 0.05) is 28.6 Å². The largest absolute Gasteiger partial charge is 0.493 e. The van der Waals surface area contributed by atoms with E-state index in [2.05, 4.69) is 11.1 Å². The minimum atomic E-state index is -3.27. The van der Waals surface area contributed by atoms with Crippen molar-refractivity contribution in [2.24, 2.45) is 0 Å². The van der Waals surface area contributed by atoms with Gasteiger partial charge in [0.15, 0.2) is 11.5 Å². The van der Waals surface area contributed by atoms with Crippen LogP contribution in [0.3, 0.4) is 0 Å². The first-order valence-corrected chi connectivity index (χ1v) is 11.3. The topological polar surface area (TPSA) is 63.8 Å². The Labute approximate surface area is 169 Å². The molecule has 2 aliphatic heterocycles. The summed E-state index contributed by atoms with van der Waals surface area (Å²) in [5, 5.41) is 1.04. The van der Waals surface area contributed by atoms with Crippen LogP contribution in [0.4, 0.5) is 0 Å². The van der Waals surface area contributed by atoms with Crippen molar-refractivity contribution in [3.8, 4) is 11.5 Å². The lowest BCUT2D eigenvalue weighted by Gasteiger charge is -2.40. The highest BCUT2D eigenvalue weighted by Gasteiger charge is 2.44. The number of aromatic nitrogens is 1. The molecule has 0 radical (unpaired) electrons. The zero-order valence-corrected chi connectivity index (χ0v) is 17.6. The van der Waals surface area contributed by atoms with Crippen LogP contribution in [0.1, 0.15) is 23.6 Å². The molecule has 0 fully saturated rings. The summed E-state index contributed by atoms with van der Waals surface area (Å²) in [5.74, 6) is 1.36. The zero-order chi connectivity index (χ0) is 20.2. The molecule has 0 saturated carbocycles. The van der Waals surface area contributed by atoms with Crippen molar-refractivity contribution in [1.82, 2.24) is 9.65 Å². The first-order chi connectivity index (χ1) is 14.1. The summed E-state index contributed by atoms with van der Waals surface area (Å²) >= 11 is 0. The smallest absolute Gasteiger partial charge is 0.343 e. The second kappa shape index (κ2) is 6.68. The number of hydrogen-bond acceptors (Lipinski definition) is 4. The lowest BCUT2D eigenvalue weighted by atomic mass is 9.95. The predicted octanol–water partition coefficient (Wildman–Crippen LogP) is 4.41. The third-order valence-corrected chi connectivity index (χ3v) is 8.24. The average Bonchev–Trinajstić information content (AvgIpc) is 3.12. The fourth-order valence-corrected chi connectivity index (χ4v) is 6.79. The molecule has 0 spiro atoms. The number of nitrogens with one attached hydrogen (secondary N) is 1. The molecule has 2 aliphatic rings. The predicted molar refractivity (Wildman–Crippen MR) is 115 cm³/mol. The van der Waals surface area contributed by atoms with Crippen LogP contribution in [-0.2, 0) is 15.5 Å². The van der Waals surface area contributed by atoms with Crippen LogP contribution in [0.25, 0.3) is 22.7 Å².